The number of hydrogen-bond acceptors (Lipinski definition) is 2. The second kappa shape index (κ2) is 6.40. The van der Waals surface area contributed by atoms with Crippen LogP contribution in [0.1, 0.15) is 25.8 Å². The third-order valence-corrected chi connectivity index (χ3v) is 2.88. The maximum Gasteiger partial charge on any atom is 0.221 e. The van der Waals surface area contributed by atoms with Gasteiger partial charge in [0.1, 0.15) is 0 Å². The van der Waals surface area contributed by atoms with Gasteiger partial charge in [-0.2, -0.15) is 0 Å². The number of carbonyl (C=O) groups is 1. The van der Waals surface area contributed by atoms with Crippen LogP contribution in [0.4, 0.5) is 0 Å². The lowest BCUT2D eigenvalue weighted by atomic mass is 9.84. The van der Waals surface area contributed by atoms with Gasteiger partial charge >= 0.3 is 0 Å². The van der Waals surface area contributed by atoms with Crippen LogP contribution < -0.4 is 10.6 Å². The number of nitrogens with one attached hydrogen (secondary N) is 2. The lowest BCUT2D eigenvalue weighted by Crippen LogP contribution is -2.37. The predicted molar refractivity (Wildman–Crippen MR) is 71.0 cm³/mol. The summed E-state index contributed by atoms with van der Waals surface area (Å²) in [6.45, 7) is 5.67. The first-order valence-electron chi connectivity index (χ1n) is 6.03. The van der Waals surface area contributed by atoms with Crippen LogP contribution in [0.5, 0.6) is 0 Å². The van der Waals surface area contributed by atoms with Crippen molar-refractivity contribution < 1.29 is 4.79 Å². The quantitative estimate of drug-likeness (QED) is 0.786. The van der Waals surface area contributed by atoms with Crippen molar-refractivity contribution >= 4 is 5.91 Å². The van der Waals surface area contributed by atoms with Crippen molar-refractivity contribution in [1.29, 1.82) is 0 Å². The number of hydrogen-bond donors (Lipinski definition) is 2. The molecule has 0 fully saturated rings. The standard InChI is InChI=1S/C14H22N2O/c1-14(2,12-7-5-4-6-8-12)11-16-13(17)9-10-15-3/h4-8,15H,9-11H2,1-3H3,(H,16,17). The van der Waals surface area contributed by atoms with Crippen molar-refractivity contribution in [2.24, 2.45) is 0 Å². The lowest BCUT2D eigenvalue weighted by molar-refractivity contribution is -0.121. The van der Waals surface area contributed by atoms with Gasteiger partial charge in [0.25, 0.3) is 0 Å². The van der Waals surface area contributed by atoms with E-state index in [0.29, 0.717) is 13.0 Å². The highest BCUT2D eigenvalue weighted by Gasteiger charge is 2.20. The minimum Gasteiger partial charge on any atom is -0.355 e. The summed E-state index contributed by atoms with van der Waals surface area (Å²) in [5.74, 6) is 0.100. The molecule has 1 aromatic carbocycles. The summed E-state index contributed by atoms with van der Waals surface area (Å²) in [5, 5.41) is 5.94. The van der Waals surface area contributed by atoms with E-state index in [9.17, 15) is 4.79 Å². The number of rotatable bonds is 6. The summed E-state index contributed by atoms with van der Waals surface area (Å²) < 4.78 is 0. The molecule has 0 aliphatic heterocycles. The zero-order valence-electron chi connectivity index (χ0n) is 10.9. The Kier molecular flexibility index (Phi) is 5.16. The molecule has 17 heavy (non-hydrogen) atoms. The molecule has 0 atom stereocenters. The normalized spacial score (nSPS) is 11.2. The first kappa shape index (κ1) is 13.7. The summed E-state index contributed by atoms with van der Waals surface area (Å²) in [4.78, 5) is 11.5. The van der Waals surface area contributed by atoms with Crippen LogP contribution >= 0.6 is 0 Å². The van der Waals surface area contributed by atoms with Crippen LogP contribution in [0.3, 0.4) is 0 Å². The molecule has 0 saturated carbocycles. The lowest BCUT2D eigenvalue weighted by Gasteiger charge is -2.25. The summed E-state index contributed by atoms with van der Waals surface area (Å²) in [7, 11) is 1.85. The topological polar surface area (TPSA) is 41.1 Å². The highest BCUT2D eigenvalue weighted by molar-refractivity contribution is 5.76. The Balaban J connectivity index is 2.48. The second-order valence-electron chi connectivity index (χ2n) is 4.88. The number of amides is 1. The van der Waals surface area contributed by atoms with Crippen LogP contribution in [-0.4, -0.2) is 26.0 Å². The van der Waals surface area contributed by atoms with Crippen molar-refractivity contribution in [3.63, 3.8) is 0 Å². The first-order valence-corrected chi connectivity index (χ1v) is 6.03. The Labute approximate surface area is 104 Å². The van der Waals surface area contributed by atoms with Crippen molar-refractivity contribution in [3.8, 4) is 0 Å². The van der Waals surface area contributed by atoms with E-state index in [2.05, 4.69) is 36.6 Å². The second-order valence-corrected chi connectivity index (χ2v) is 4.88. The van der Waals surface area contributed by atoms with Gasteiger partial charge < -0.3 is 10.6 Å². The molecule has 3 nitrogen and oxygen atoms in total. The Hall–Kier alpha value is -1.35. The molecular formula is C14H22N2O. The van der Waals surface area contributed by atoms with E-state index in [-0.39, 0.29) is 11.3 Å². The Morgan fingerprint density at radius 1 is 1.24 bits per heavy atom. The fourth-order valence-corrected chi connectivity index (χ4v) is 1.64. The molecule has 3 heteroatoms. The molecule has 2 N–H and O–H groups in total. The molecule has 0 bridgehead atoms. The van der Waals surface area contributed by atoms with Gasteiger partial charge in [-0.15, -0.1) is 0 Å². The fourth-order valence-electron chi connectivity index (χ4n) is 1.64. The zero-order valence-corrected chi connectivity index (χ0v) is 10.9. The Morgan fingerprint density at radius 2 is 1.88 bits per heavy atom. The van der Waals surface area contributed by atoms with E-state index in [0.717, 1.165) is 6.54 Å². The summed E-state index contributed by atoms with van der Waals surface area (Å²) >= 11 is 0. The van der Waals surface area contributed by atoms with Crippen molar-refractivity contribution in [3.05, 3.63) is 35.9 Å². The molecule has 1 aromatic rings. The van der Waals surface area contributed by atoms with Gasteiger partial charge in [0.05, 0.1) is 0 Å². The molecule has 0 unspecified atom stereocenters. The molecule has 0 heterocycles. The van der Waals surface area contributed by atoms with E-state index in [1.807, 2.05) is 25.2 Å². The molecule has 0 radical (unpaired) electrons. The Morgan fingerprint density at radius 3 is 2.47 bits per heavy atom. The summed E-state index contributed by atoms with van der Waals surface area (Å²) in [6, 6.07) is 10.3. The van der Waals surface area contributed by atoms with Gasteiger partial charge in [-0.25, -0.2) is 0 Å². The van der Waals surface area contributed by atoms with Crippen molar-refractivity contribution in [2.75, 3.05) is 20.1 Å². The average Bonchev–Trinajstić information content (AvgIpc) is 2.35. The molecular weight excluding hydrogens is 212 g/mol. The van der Waals surface area contributed by atoms with Gasteiger partial charge in [-0.05, 0) is 12.6 Å². The molecule has 0 saturated heterocycles. The van der Waals surface area contributed by atoms with Crippen LogP contribution in [-0.2, 0) is 10.2 Å². The Bertz CT molecular complexity index is 346. The van der Waals surface area contributed by atoms with E-state index >= 15 is 0 Å². The maximum atomic E-state index is 11.5. The van der Waals surface area contributed by atoms with Crippen LogP contribution in [0.15, 0.2) is 30.3 Å². The highest BCUT2D eigenvalue weighted by atomic mass is 16.1. The van der Waals surface area contributed by atoms with Crippen LogP contribution in [0.2, 0.25) is 0 Å². The fraction of sp³-hybridized carbons (Fsp3) is 0.500. The average molecular weight is 234 g/mol. The molecule has 1 rings (SSSR count). The summed E-state index contributed by atoms with van der Waals surface area (Å²) in [5.41, 5.74) is 1.21. The molecule has 1 amide bonds. The molecule has 0 aliphatic carbocycles. The first-order chi connectivity index (χ1) is 8.06. The number of benzene rings is 1. The van der Waals surface area contributed by atoms with Gasteiger partial charge in [0, 0.05) is 24.9 Å². The minimum atomic E-state index is -0.0312. The smallest absolute Gasteiger partial charge is 0.221 e. The largest absolute Gasteiger partial charge is 0.355 e. The van der Waals surface area contributed by atoms with Gasteiger partial charge in [0.15, 0.2) is 0 Å². The monoisotopic (exact) mass is 234 g/mol. The molecule has 0 spiro atoms. The van der Waals surface area contributed by atoms with E-state index in [1.54, 1.807) is 0 Å². The zero-order chi connectivity index (χ0) is 12.7. The van der Waals surface area contributed by atoms with Gasteiger partial charge in [-0.3, -0.25) is 4.79 Å². The van der Waals surface area contributed by atoms with Crippen molar-refractivity contribution in [2.45, 2.75) is 25.7 Å². The highest BCUT2D eigenvalue weighted by Crippen LogP contribution is 2.21. The number of carbonyl (C=O) groups excluding carboxylic acids is 1. The van der Waals surface area contributed by atoms with Crippen molar-refractivity contribution in [1.82, 2.24) is 10.6 Å². The molecule has 0 aromatic heterocycles. The maximum absolute atomic E-state index is 11.5. The molecule has 94 valence electrons. The van der Waals surface area contributed by atoms with Crippen LogP contribution in [0, 0.1) is 0 Å². The van der Waals surface area contributed by atoms with E-state index in [4.69, 9.17) is 0 Å². The van der Waals surface area contributed by atoms with E-state index in [1.165, 1.54) is 5.56 Å². The predicted octanol–water partition coefficient (Wildman–Crippen LogP) is 1.69. The molecule has 0 aliphatic rings. The SMILES string of the molecule is CNCCC(=O)NCC(C)(C)c1ccccc1. The van der Waals surface area contributed by atoms with Gasteiger partial charge in [-0.1, -0.05) is 44.2 Å². The third-order valence-electron chi connectivity index (χ3n) is 2.88. The van der Waals surface area contributed by atoms with E-state index < -0.39 is 0 Å². The third kappa shape index (κ3) is 4.57. The minimum absolute atomic E-state index is 0.0312. The van der Waals surface area contributed by atoms with Crippen LogP contribution in [0.25, 0.3) is 0 Å². The van der Waals surface area contributed by atoms with Gasteiger partial charge in [0.2, 0.25) is 5.91 Å². The summed E-state index contributed by atoms with van der Waals surface area (Å²) in [6.07, 6.45) is 0.529.